The van der Waals surface area contributed by atoms with E-state index in [9.17, 15) is 0 Å². The van der Waals surface area contributed by atoms with Crippen LogP contribution in [0.15, 0.2) is 18.7 Å². The van der Waals surface area contributed by atoms with Crippen molar-refractivity contribution in [1.82, 2.24) is 15.3 Å². The Hall–Kier alpha value is -0.960. The molecular weight excluding hydrogens is 198 g/mol. The quantitative estimate of drug-likeness (QED) is 0.799. The Balaban J connectivity index is 1.75. The Labute approximate surface area is 97.7 Å². The van der Waals surface area contributed by atoms with Crippen LogP contribution < -0.4 is 5.32 Å². The minimum absolute atomic E-state index is 0.602. The minimum atomic E-state index is 0.602. The van der Waals surface area contributed by atoms with Gasteiger partial charge in [0.2, 0.25) is 0 Å². The van der Waals surface area contributed by atoms with Crippen molar-refractivity contribution in [3.05, 3.63) is 24.3 Å². The first-order chi connectivity index (χ1) is 7.85. The predicted molar refractivity (Wildman–Crippen MR) is 64.9 cm³/mol. The van der Waals surface area contributed by atoms with E-state index in [0.29, 0.717) is 5.41 Å². The summed E-state index contributed by atoms with van der Waals surface area (Å²) in [5.74, 6) is 0. The van der Waals surface area contributed by atoms with Crippen molar-refractivity contribution in [1.29, 1.82) is 0 Å². The van der Waals surface area contributed by atoms with Crippen molar-refractivity contribution in [3.63, 3.8) is 0 Å². The van der Waals surface area contributed by atoms with Crippen molar-refractivity contribution < 1.29 is 0 Å². The first kappa shape index (κ1) is 11.5. The van der Waals surface area contributed by atoms with Gasteiger partial charge >= 0.3 is 0 Å². The molecule has 3 heteroatoms. The van der Waals surface area contributed by atoms with Crippen molar-refractivity contribution in [2.45, 2.75) is 45.6 Å². The van der Waals surface area contributed by atoms with E-state index in [1.165, 1.54) is 37.7 Å². The number of nitrogens with zero attached hydrogens (tertiary/aromatic N) is 2. The smallest absolute Gasteiger partial charge is 0.115 e. The number of hydrogen-bond acceptors (Lipinski definition) is 3. The van der Waals surface area contributed by atoms with E-state index in [4.69, 9.17) is 0 Å². The molecule has 0 spiro atoms. The molecule has 0 atom stereocenters. The summed E-state index contributed by atoms with van der Waals surface area (Å²) >= 11 is 0. The number of hydrogen-bond donors (Lipinski definition) is 1. The zero-order valence-electron chi connectivity index (χ0n) is 10.1. The number of aromatic nitrogens is 2. The number of nitrogens with one attached hydrogen (secondary N) is 1. The lowest BCUT2D eigenvalue weighted by atomic mass is 9.66. The summed E-state index contributed by atoms with van der Waals surface area (Å²) in [7, 11) is 0. The van der Waals surface area contributed by atoms with Gasteiger partial charge in [0, 0.05) is 31.0 Å². The van der Waals surface area contributed by atoms with Crippen molar-refractivity contribution in [2.24, 2.45) is 5.41 Å². The lowest BCUT2D eigenvalue weighted by molar-refractivity contribution is 0.115. The van der Waals surface area contributed by atoms with Crippen molar-refractivity contribution in [3.8, 4) is 0 Å². The third-order valence-corrected chi connectivity index (χ3v) is 3.64. The fraction of sp³-hybridized carbons (Fsp3) is 0.692. The predicted octanol–water partition coefficient (Wildman–Crippen LogP) is 2.54. The van der Waals surface area contributed by atoms with Crippen molar-refractivity contribution >= 4 is 0 Å². The second-order valence-electron chi connectivity index (χ2n) is 4.95. The summed E-state index contributed by atoms with van der Waals surface area (Å²) in [6.07, 6.45) is 12.2. The highest BCUT2D eigenvalue weighted by atomic mass is 14.9. The maximum Gasteiger partial charge on any atom is 0.115 e. The van der Waals surface area contributed by atoms with Gasteiger partial charge in [-0.25, -0.2) is 9.97 Å². The molecule has 0 saturated heterocycles. The van der Waals surface area contributed by atoms with Crippen LogP contribution in [0.25, 0.3) is 0 Å². The lowest BCUT2D eigenvalue weighted by Crippen LogP contribution is -2.39. The van der Waals surface area contributed by atoms with Gasteiger partial charge in [-0.3, -0.25) is 0 Å². The van der Waals surface area contributed by atoms with Crippen LogP contribution in [0.4, 0.5) is 0 Å². The summed E-state index contributed by atoms with van der Waals surface area (Å²) < 4.78 is 0. The van der Waals surface area contributed by atoms with E-state index in [-0.39, 0.29) is 0 Å². The molecular formula is C13H21N3. The molecule has 2 rings (SSSR count). The molecule has 1 aliphatic carbocycles. The van der Waals surface area contributed by atoms with E-state index >= 15 is 0 Å². The van der Waals surface area contributed by atoms with Crippen LogP contribution in [0.1, 0.15) is 44.6 Å². The van der Waals surface area contributed by atoms with Gasteiger partial charge in [-0.2, -0.15) is 0 Å². The highest BCUT2D eigenvalue weighted by Gasteiger charge is 2.35. The van der Waals surface area contributed by atoms with E-state index in [1.807, 2.05) is 12.4 Å². The molecule has 1 aliphatic rings. The first-order valence-corrected chi connectivity index (χ1v) is 6.29. The Kier molecular flexibility index (Phi) is 3.88. The van der Waals surface area contributed by atoms with Gasteiger partial charge in [-0.05, 0) is 24.7 Å². The largest absolute Gasteiger partial charge is 0.312 e. The normalized spacial score (nSPS) is 18.1. The van der Waals surface area contributed by atoms with Gasteiger partial charge in [0.05, 0.1) is 0 Å². The second kappa shape index (κ2) is 5.39. The summed E-state index contributed by atoms with van der Waals surface area (Å²) in [5, 5.41) is 3.55. The van der Waals surface area contributed by atoms with Crippen LogP contribution in [-0.4, -0.2) is 16.5 Å². The SMILES string of the molecule is CCCC1(CNCc2cncnc2)CCC1. The summed E-state index contributed by atoms with van der Waals surface area (Å²) in [6.45, 7) is 4.33. The minimum Gasteiger partial charge on any atom is -0.312 e. The number of rotatable bonds is 6. The van der Waals surface area contributed by atoms with Gasteiger partial charge in [-0.1, -0.05) is 19.8 Å². The van der Waals surface area contributed by atoms with E-state index < -0.39 is 0 Å². The standard InChI is InChI=1S/C13H21N3/c1-2-4-13(5-3-6-13)10-14-7-12-8-15-11-16-9-12/h8-9,11,14H,2-7,10H2,1H3. The Morgan fingerprint density at radius 3 is 2.62 bits per heavy atom. The van der Waals surface area contributed by atoms with Crippen LogP contribution >= 0.6 is 0 Å². The van der Waals surface area contributed by atoms with Gasteiger partial charge in [-0.15, -0.1) is 0 Å². The Morgan fingerprint density at radius 1 is 1.31 bits per heavy atom. The Morgan fingerprint density at radius 2 is 2.06 bits per heavy atom. The monoisotopic (exact) mass is 219 g/mol. The highest BCUT2D eigenvalue weighted by Crippen LogP contribution is 2.44. The Bertz CT molecular complexity index is 306. The van der Waals surface area contributed by atoms with Crippen LogP contribution in [0.3, 0.4) is 0 Å². The molecule has 0 unspecified atom stereocenters. The zero-order valence-corrected chi connectivity index (χ0v) is 10.1. The molecule has 0 radical (unpaired) electrons. The molecule has 0 aromatic carbocycles. The third kappa shape index (κ3) is 2.79. The molecule has 88 valence electrons. The average Bonchev–Trinajstić information content (AvgIpc) is 2.27. The molecule has 1 fully saturated rings. The van der Waals surface area contributed by atoms with Crippen LogP contribution in [0.5, 0.6) is 0 Å². The average molecular weight is 219 g/mol. The lowest BCUT2D eigenvalue weighted by Gasteiger charge is -2.42. The molecule has 1 heterocycles. The van der Waals surface area contributed by atoms with Gasteiger partial charge in [0.25, 0.3) is 0 Å². The molecule has 1 N–H and O–H groups in total. The van der Waals surface area contributed by atoms with E-state index in [2.05, 4.69) is 22.2 Å². The third-order valence-electron chi connectivity index (χ3n) is 3.64. The molecule has 3 nitrogen and oxygen atoms in total. The van der Waals surface area contributed by atoms with Crippen LogP contribution in [-0.2, 0) is 6.54 Å². The van der Waals surface area contributed by atoms with Gasteiger partial charge in [0.15, 0.2) is 0 Å². The maximum absolute atomic E-state index is 4.02. The van der Waals surface area contributed by atoms with E-state index in [0.717, 1.165) is 13.1 Å². The summed E-state index contributed by atoms with van der Waals surface area (Å²) in [4.78, 5) is 8.04. The molecule has 0 amide bonds. The molecule has 1 aromatic heterocycles. The van der Waals surface area contributed by atoms with E-state index in [1.54, 1.807) is 6.33 Å². The van der Waals surface area contributed by atoms with Crippen LogP contribution in [0, 0.1) is 5.41 Å². The zero-order chi connectivity index (χ0) is 11.3. The second-order valence-corrected chi connectivity index (χ2v) is 4.95. The topological polar surface area (TPSA) is 37.8 Å². The van der Waals surface area contributed by atoms with Gasteiger partial charge < -0.3 is 5.32 Å². The summed E-state index contributed by atoms with van der Waals surface area (Å²) in [5.41, 5.74) is 1.78. The molecule has 1 aromatic rings. The highest BCUT2D eigenvalue weighted by molar-refractivity contribution is 5.02. The molecule has 16 heavy (non-hydrogen) atoms. The maximum atomic E-state index is 4.02. The molecule has 0 bridgehead atoms. The molecule has 1 saturated carbocycles. The van der Waals surface area contributed by atoms with Gasteiger partial charge in [0.1, 0.15) is 6.33 Å². The summed E-state index contributed by atoms with van der Waals surface area (Å²) in [6, 6.07) is 0. The molecule has 0 aliphatic heterocycles. The first-order valence-electron chi connectivity index (χ1n) is 6.29. The van der Waals surface area contributed by atoms with Crippen molar-refractivity contribution in [2.75, 3.05) is 6.54 Å². The fourth-order valence-electron chi connectivity index (χ4n) is 2.62. The van der Waals surface area contributed by atoms with Crippen LogP contribution in [0.2, 0.25) is 0 Å². The fourth-order valence-corrected chi connectivity index (χ4v) is 2.62.